The summed E-state index contributed by atoms with van der Waals surface area (Å²) < 4.78 is 32.6. The van der Waals surface area contributed by atoms with Gasteiger partial charge in [-0.2, -0.15) is 4.31 Å². The van der Waals surface area contributed by atoms with E-state index >= 15 is 0 Å². The van der Waals surface area contributed by atoms with E-state index in [1.165, 1.54) is 16.4 Å². The lowest BCUT2D eigenvalue weighted by atomic mass is 10.2. The van der Waals surface area contributed by atoms with Gasteiger partial charge in [-0.05, 0) is 36.8 Å². The van der Waals surface area contributed by atoms with Crippen molar-refractivity contribution in [1.82, 2.24) is 9.21 Å². The molecule has 0 atom stereocenters. The highest BCUT2D eigenvalue weighted by atomic mass is 35.5. The standard InChI is InChI=1S/C20H22Cl2N2O4S/c21-16-8-9-18(22)19(15-16)29(26,27)24-12-10-23(11-13-24)20(25)7-4-14-28-17-5-2-1-3-6-17/h1-3,5-6,8-9,15H,4,7,10-14H2. The molecule has 0 saturated carbocycles. The van der Waals surface area contributed by atoms with E-state index in [1.807, 2.05) is 30.3 Å². The molecule has 29 heavy (non-hydrogen) atoms. The van der Waals surface area contributed by atoms with E-state index in [0.717, 1.165) is 5.75 Å². The summed E-state index contributed by atoms with van der Waals surface area (Å²) in [5.74, 6) is 0.776. The quantitative estimate of drug-likeness (QED) is 0.595. The summed E-state index contributed by atoms with van der Waals surface area (Å²) in [7, 11) is -3.76. The molecule has 1 aliphatic rings. The Morgan fingerprint density at radius 2 is 1.69 bits per heavy atom. The molecule has 0 aliphatic carbocycles. The van der Waals surface area contributed by atoms with Crippen molar-refractivity contribution >= 4 is 39.1 Å². The molecule has 1 amide bonds. The predicted octanol–water partition coefficient (Wildman–Crippen LogP) is 3.69. The summed E-state index contributed by atoms with van der Waals surface area (Å²) in [6.45, 7) is 1.58. The first kappa shape index (κ1) is 21.9. The fourth-order valence-electron chi connectivity index (χ4n) is 3.08. The van der Waals surface area contributed by atoms with E-state index in [0.29, 0.717) is 37.6 Å². The van der Waals surface area contributed by atoms with Crippen LogP contribution in [0.2, 0.25) is 10.0 Å². The Morgan fingerprint density at radius 1 is 1.00 bits per heavy atom. The highest BCUT2D eigenvalue weighted by Crippen LogP contribution is 2.28. The molecule has 0 N–H and O–H groups in total. The lowest BCUT2D eigenvalue weighted by molar-refractivity contribution is -0.132. The third-order valence-corrected chi connectivity index (χ3v) is 7.26. The molecule has 0 radical (unpaired) electrons. The van der Waals surface area contributed by atoms with Gasteiger partial charge in [-0.3, -0.25) is 4.79 Å². The second-order valence-corrected chi connectivity index (χ2v) is 9.37. The van der Waals surface area contributed by atoms with Crippen LogP contribution in [0.25, 0.3) is 0 Å². The third kappa shape index (κ3) is 5.63. The van der Waals surface area contributed by atoms with Crippen LogP contribution < -0.4 is 4.74 Å². The van der Waals surface area contributed by atoms with Crippen LogP contribution in [0, 0.1) is 0 Å². The number of hydrogen-bond acceptors (Lipinski definition) is 4. The molecule has 0 aromatic heterocycles. The second-order valence-electron chi connectivity index (χ2n) is 6.62. The number of hydrogen-bond donors (Lipinski definition) is 0. The number of ether oxygens (including phenoxy) is 1. The average molecular weight is 457 g/mol. The van der Waals surface area contributed by atoms with Gasteiger partial charge < -0.3 is 9.64 Å². The van der Waals surface area contributed by atoms with Gasteiger partial charge >= 0.3 is 0 Å². The van der Waals surface area contributed by atoms with Crippen LogP contribution >= 0.6 is 23.2 Å². The van der Waals surface area contributed by atoms with Gasteiger partial charge in [0.15, 0.2) is 0 Å². The maximum absolute atomic E-state index is 12.8. The lowest BCUT2D eigenvalue weighted by Gasteiger charge is -2.34. The normalized spacial score (nSPS) is 15.3. The minimum atomic E-state index is -3.76. The van der Waals surface area contributed by atoms with Crippen molar-refractivity contribution in [3.63, 3.8) is 0 Å². The van der Waals surface area contributed by atoms with Gasteiger partial charge in [0, 0.05) is 37.6 Å². The van der Waals surface area contributed by atoms with E-state index < -0.39 is 10.0 Å². The Bertz CT molecular complexity index is 946. The monoisotopic (exact) mass is 456 g/mol. The van der Waals surface area contributed by atoms with Crippen LogP contribution in [0.15, 0.2) is 53.4 Å². The van der Waals surface area contributed by atoms with Crippen LogP contribution in [0.5, 0.6) is 5.75 Å². The van der Waals surface area contributed by atoms with Crippen LogP contribution in [0.1, 0.15) is 12.8 Å². The molecule has 3 rings (SSSR count). The smallest absolute Gasteiger partial charge is 0.244 e. The van der Waals surface area contributed by atoms with E-state index in [4.69, 9.17) is 27.9 Å². The van der Waals surface area contributed by atoms with Crippen LogP contribution in [0.3, 0.4) is 0 Å². The van der Waals surface area contributed by atoms with Gasteiger partial charge in [0.1, 0.15) is 10.6 Å². The summed E-state index contributed by atoms with van der Waals surface area (Å²) in [4.78, 5) is 14.1. The SMILES string of the molecule is O=C(CCCOc1ccccc1)N1CCN(S(=O)(=O)c2cc(Cl)ccc2Cl)CC1. The molecule has 1 aliphatic heterocycles. The Kier molecular flexibility index (Phi) is 7.40. The number of benzene rings is 2. The fraction of sp³-hybridized carbons (Fsp3) is 0.350. The van der Waals surface area contributed by atoms with Gasteiger partial charge in [-0.1, -0.05) is 41.4 Å². The number of rotatable bonds is 7. The lowest BCUT2D eigenvalue weighted by Crippen LogP contribution is -2.50. The summed E-state index contributed by atoms with van der Waals surface area (Å²) >= 11 is 12.0. The highest BCUT2D eigenvalue weighted by molar-refractivity contribution is 7.89. The molecule has 0 unspecified atom stereocenters. The number of halogens is 2. The van der Waals surface area contributed by atoms with Crippen molar-refractivity contribution in [2.75, 3.05) is 32.8 Å². The summed E-state index contributed by atoms with van der Waals surface area (Å²) in [5.41, 5.74) is 0. The molecule has 1 fully saturated rings. The van der Waals surface area contributed by atoms with Crippen molar-refractivity contribution in [3.05, 3.63) is 58.6 Å². The molecule has 0 spiro atoms. The van der Waals surface area contributed by atoms with Crippen molar-refractivity contribution in [1.29, 1.82) is 0 Å². The molecule has 1 saturated heterocycles. The Morgan fingerprint density at radius 3 is 2.38 bits per heavy atom. The van der Waals surface area contributed by atoms with Gasteiger partial charge in [0.2, 0.25) is 15.9 Å². The maximum Gasteiger partial charge on any atom is 0.244 e. The van der Waals surface area contributed by atoms with Crippen molar-refractivity contribution in [2.45, 2.75) is 17.7 Å². The molecule has 6 nitrogen and oxygen atoms in total. The summed E-state index contributed by atoms with van der Waals surface area (Å²) in [5, 5.41) is 0.436. The van der Waals surface area contributed by atoms with Gasteiger partial charge in [0.05, 0.1) is 11.6 Å². The first-order chi connectivity index (χ1) is 13.9. The van der Waals surface area contributed by atoms with Crippen molar-refractivity contribution < 1.29 is 17.9 Å². The molecule has 156 valence electrons. The molecule has 9 heteroatoms. The number of nitrogens with zero attached hydrogens (tertiary/aromatic N) is 2. The summed E-state index contributed by atoms with van der Waals surface area (Å²) in [6, 6.07) is 13.8. The zero-order valence-corrected chi connectivity index (χ0v) is 18.1. The van der Waals surface area contributed by atoms with Crippen LogP contribution in [-0.2, 0) is 14.8 Å². The Balaban J connectivity index is 1.48. The van der Waals surface area contributed by atoms with E-state index in [-0.39, 0.29) is 28.9 Å². The highest BCUT2D eigenvalue weighted by Gasteiger charge is 2.31. The Hall–Kier alpha value is -1.80. The molecule has 0 bridgehead atoms. The zero-order valence-electron chi connectivity index (χ0n) is 15.8. The van der Waals surface area contributed by atoms with Gasteiger partial charge in [-0.15, -0.1) is 0 Å². The topological polar surface area (TPSA) is 66.9 Å². The number of carbonyl (C=O) groups excluding carboxylic acids is 1. The average Bonchev–Trinajstić information content (AvgIpc) is 2.73. The van der Waals surface area contributed by atoms with Gasteiger partial charge in [0.25, 0.3) is 0 Å². The fourth-order valence-corrected chi connectivity index (χ4v) is 5.24. The largest absolute Gasteiger partial charge is 0.494 e. The molecular formula is C20H22Cl2N2O4S. The number of para-hydroxylation sites is 1. The van der Waals surface area contributed by atoms with E-state index in [2.05, 4.69) is 0 Å². The predicted molar refractivity (Wildman–Crippen MR) is 113 cm³/mol. The number of piperazine rings is 1. The first-order valence-corrected chi connectivity index (χ1v) is 11.5. The maximum atomic E-state index is 12.8. The Labute approximate surface area is 181 Å². The number of sulfonamides is 1. The minimum Gasteiger partial charge on any atom is -0.494 e. The van der Waals surface area contributed by atoms with Crippen molar-refractivity contribution in [3.8, 4) is 5.75 Å². The third-order valence-electron chi connectivity index (χ3n) is 4.65. The molecular weight excluding hydrogens is 435 g/mol. The van der Waals surface area contributed by atoms with Crippen molar-refractivity contribution in [2.24, 2.45) is 0 Å². The second kappa shape index (κ2) is 9.80. The molecule has 2 aromatic rings. The van der Waals surface area contributed by atoms with E-state index in [9.17, 15) is 13.2 Å². The van der Waals surface area contributed by atoms with E-state index in [1.54, 1.807) is 11.0 Å². The minimum absolute atomic E-state index is 0.000465. The van der Waals surface area contributed by atoms with Gasteiger partial charge in [-0.25, -0.2) is 8.42 Å². The zero-order chi connectivity index (χ0) is 20.9. The molecule has 1 heterocycles. The summed E-state index contributed by atoms with van der Waals surface area (Å²) in [6.07, 6.45) is 0.962. The number of carbonyl (C=O) groups is 1. The first-order valence-electron chi connectivity index (χ1n) is 9.29. The van der Waals surface area contributed by atoms with Crippen LogP contribution in [0.4, 0.5) is 0 Å². The molecule has 2 aromatic carbocycles. The number of amides is 1. The van der Waals surface area contributed by atoms with Crippen LogP contribution in [-0.4, -0.2) is 56.3 Å².